The van der Waals surface area contributed by atoms with E-state index in [1.165, 1.54) is 86.5 Å². The van der Waals surface area contributed by atoms with Gasteiger partial charge >= 0.3 is 0 Å². The Morgan fingerprint density at radius 1 is 0.400 bits per heavy atom. The second-order valence-corrected chi connectivity index (χ2v) is 21.4. The molecule has 0 amide bonds. The minimum Gasteiger partial charge on any atom is -0.457 e. The van der Waals surface area contributed by atoms with E-state index in [4.69, 9.17) is 4.74 Å². The molecule has 0 saturated heterocycles. The Bertz CT molecular complexity index is 3240. The van der Waals surface area contributed by atoms with Crippen molar-refractivity contribution in [1.82, 2.24) is 0 Å². The molecule has 0 aromatic heterocycles. The first-order valence-corrected chi connectivity index (χ1v) is 22.4. The van der Waals surface area contributed by atoms with E-state index in [-0.39, 0.29) is 5.04 Å². The molecule has 0 fully saturated rings. The van der Waals surface area contributed by atoms with Crippen LogP contribution in [0.1, 0.15) is 19.4 Å². The Kier molecular flexibility index (Phi) is 6.82. The number of hydrogen-bond acceptors (Lipinski definition) is 1. The van der Waals surface area contributed by atoms with Gasteiger partial charge in [-0.25, -0.2) is 0 Å². The first kappa shape index (κ1) is 32.2. The zero-order chi connectivity index (χ0) is 37.1. The SMILES string of the molecule is CC1(C)c2cccc(-c3ccc4c(c3)c3cccc5c3-c3c(cccc3c3ccccc34)c3ccccc3c3ccccc53)c2Oc2ccccc2[Si]1(C)C. The average molecular weight is 721 g/mol. The Morgan fingerprint density at radius 3 is 1.36 bits per heavy atom. The van der Waals surface area contributed by atoms with Crippen LogP contribution in [0.4, 0.5) is 0 Å². The minimum atomic E-state index is -2.01. The van der Waals surface area contributed by atoms with E-state index in [9.17, 15) is 0 Å². The van der Waals surface area contributed by atoms with Crippen LogP contribution in [0.5, 0.6) is 11.5 Å². The standard InChI is InChI=1S/C53H40OSi/c1-53(2)47-27-15-22-34(52(47)54-48-28-11-12-29-49(48)55(53,3)4)33-30-31-41-37-18-7-10-21-40(37)43-24-13-23-42-38-19-8-5-16-35(38)36-17-6-9-20-39(36)44-25-14-26-45(46(41)32-33)51(44)50(42)43/h5-32H,1-4H3. The highest BCUT2D eigenvalue weighted by molar-refractivity contribution is 6.92. The predicted molar refractivity (Wildman–Crippen MR) is 239 cm³/mol. The molecule has 0 spiro atoms. The molecule has 1 heterocycles. The molecule has 1 aliphatic heterocycles. The fourth-order valence-electron chi connectivity index (χ4n) is 9.79. The van der Waals surface area contributed by atoms with Crippen LogP contribution in [0.15, 0.2) is 170 Å². The summed E-state index contributed by atoms with van der Waals surface area (Å²) in [6.45, 7) is 9.84. The molecule has 1 nitrogen and oxygen atoms in total. The van der Waals surface area contributed by atoms with Crippen LogP contribution in [0.3, 0.4) is 0 Å². The van der Waals surface area contributed by atoms with E-state index >= 15 is 0 Å². The van der Waals surface area contributed by atoms with Gasteiger partial charge in [-0.2, -0.15) is 0 Å². The largest absolute Gasteiger partial charge is 0.457 e. The fourth-order valence-corrected chi connectivity index (χ4v) is 12.6. The predicted octanol–water partition coefficient (Wildman–Crippen LogP) is 14.5. The van der Waals surface area contributed by atoms with E-state index < -0.39 is 8.07 Å². The number of ether oxygens (including phenoxy) is 1. The molecule has 2 aliphatic carbocycles. The summed E-state index contributed by atoms with van der Waals surface area (Å²) in [7, 11) is -2.01. The van der Waals surface area contributed by atoms with E-state index in [0.717, 1.165) is 22.6 Å². The van der Waals surface area contributed by atoms with Gasteiger partial charge in [-0.15, -0.1) is 0 Å². The van der Waals surface area contributed by atoms with Gasteiger partial charge in [-0.3, -0.25) is 0 Å². The first-order valence-electron chi connectivity index (χ1n) is 19.4. The summed E-state index contributed by atoms with van der Waals surface area (Å²) in [6, 6.07) is 63.4. The molecule has 11 rings (SSSR count). The number of para-hydroxylation sites is 2. The second kappa shape index (κ2) is 11.6. The zero-order valence-electron chi connectivity index (χ0n) is 31.6. The summed E-state index contributed by atoms with van der Waals surface area (Å²) in [5.41, 5.74) is 6.15. The second-order valence-electron chi connectivity index (χ2n) is 16.4. The third kappa shape index (κ3) is 4.46. The molecular formula is C53H40OSi. The lowest BCUT2D eigenvalue weighted by Crippen LogP contribution is -2.56. The third-order valence-electron chi connectivity index (χ3n) is 13.3. The summed E-state index contributed by atoms with van der Waals surface area (Å²) in [5.74, 6) is 1.97. The molecule has 0 saturated carbocycles. The summed E-state index contributed by atoms with van der Waals surface area (Å²) < 4.78 is 7.10. The number of hydrogen-bond donors (Lipinski definition) is 0. The Labute approximate surface area is 322 Å². The van der Waals surface area contributed by atoms with Crippen molar-refractivity contribution in [3.63, 3.8) is 0 Å². The van der Waals surface area contributed by atoms with Crippen molar-refractivity contribution in [1.29, 1.82) is 0 Å². The Hall–Kier alpha value is -6.22. The van der Waals surface area contributed by atoms with Crippen LogP contribution in [0.2, 0.25) is 13.1 Å². The van der Waals surface area contributed by atoms with Gasteiger partial charge in [0.25, 0.3) is 0 Å². The number of fused-ring (bicyclic) bond motifs is 12. The normalized spacial score (nSPS) is 14.6. The van der Waals surface area contributed by atoms with Crippen molar-refractivity contribution >= 4 is 77.9 Å². The van der Waals surface area contributed by atoms with Gasteiger partial charge in [0.15, 0.2) is 0 Å². The van der Waals surface area contributed by atoms with Gasteiger partial charge in [0, 0.05) is 5.56 Å². The maximum Gasteiger partial charge on any atom is 0.138 e. The van der Waals surface area contributed by atoms with Crippen molar-refractivity contribution in [3.05, 3.63) is 175 Å². The van der Waals surface area contributed by atoms with Crippen LogP contribution in [0.25, 0.3) is 86.9 Å². The molecule has 8 aromatic rings. The highest BCUT2D eigenvalue weighted by Gasteiger charge is 2.47. The summed E-state index contributed by atoms with van der Waals surface area (Å²) >= 11 is 0. The van der Waals surface area contributed by atoms with Gasteiger partial charge in [-0.1, -0.05) is 185 Å². The molecule has 0 N–H and O–H groups in total. The van der Waals surface area contributed by atoms with E-state index in [1.807, 2.05) is 0 Å². The van der Waals surface area contributed by atoms with E-state index in [0.29, 0.717) is 0 Å². The number of benzene rings is 8. The molecule has 262 valence electrons. The molecule has 0 bridgehead atoms. The van der Waals surface area contributed by atoms with Gasteiger partial charge in [0.05, 0.1) is 8.07 Å². The van der Waals surface area contributed by atoms with Crippen LogP contribution in [-0.4, -0.2) is 8.07 Å². The third-order valence-corrected chi connectivity index (χ3v) is 18.4. The van der Waals surface area contributed by atoms with Crippen LogP contribution in [0, 0.1) is 0 Å². The zero-order valence-corrected chi connectivity index (χ0v) is 32.6. The van der Waals surface area contributed by atoms with E-state index in [1.54, 1.807) is 0 Å². The smallest absolute Gasteiger partial charge is 0.138 e. The summed E-state index contributed by atoms with van der Waals surface area (Å²) in [6.07, 6.45) is 0. The summed E-state index contributed by atoms with van der Waals surface area (Å²) in [4.78, 5) is 0. The van der Waals surface area contributed by atoms with Crippen molar-refractivity contribution in [2.45, 2.75) is 32.0 Å². The molecule has 0 unspecified atom stereocenters. The Morgan fingerprint density at radius 2 is 0.818 bits per heavy atom. The molecular weight excluding hydrogens is 681 g/mol. The fraction of sp³-hybridized carbons (Fsp3) is 0.0943. The number of rotatable bonds is 1. The monoisotopic (exact) mass is 720 g/mol. The van der Waals surface area contributed by atoms with Gasteiger partial charge in [-0.05, 0) is 109 Å². The lowest BCUT2D eigenvalue weighted by Gasteiger charge is -2.39. The lowest BCUT2D eigenvalue weighted by atomic mass is 9.83. The van der Waals surface area contributed by atoms with Crippen molar-refractivity contribution in [2.75, 3.05) is 0 Å². The first-order chi connectivity index (χ1) is 26.8. The van der Waals surface area contributed by atoms with Crippen LogP contribution >= 0.6 is 0 Å². The van der Waals surface area contributed by atoms with Crippen molar-refractivity contribution in [3.8, 4) is 33.8 Å². The van der Waals surface area contributed by atoms with Crippen LogP contribution in [-0.2, 0) is 5.04 Å². The quantitative estimate of drug-likeness (QED) is 0.153. The molecule has 0 radical (unpaired) electrons. The topological polar surface area (TPSA) is 9.23 Å². The minimum absolute atomic E-state index is 0.0629. The average Bonchev–Trinajstić information content (AvgIpc) is 3.28. The molecule has 55 heavy (non-hydrogen) atoms. The van der Waals surface area contributed by atoms with Gasteiger partial charge in [0.2, 0.25) is 0 Å². The summed E-state index contributed by atoms with van der Waals surface area (Å²) in [5, 5.41) is 16.4. The highest BCUT2D eigenvalue weighted by Crippen LogP contribution is 2.50. The molecule has 3 aliphatic rings. The Balaban J connectivity index is 1.34. The highest BCUT2D eigenvalue weighted by atomic mass is 28.3. The van der Waals surface area contributed by atoms with E-state index in [2.05, 4.69) is 197 Å². The lowest BCUT2D eigenvalue weighted by molar-refractivity contribution is 0.479. The van der Waals surface area contributed by atoms with Crippen LogP contribution < -0.4 is 9.92 Å². The molecule has 8 aromatic carbocycles. The molecule has 2 heteroatoms. The molecule has 0 atom stereocenters. The van der Waals surface area contributed by atoms with Crippen molar-refractivity contribution in [2.24, 2.45) is 0 Å². The maximum absolute atomic E-state index is 7.10. The van der Waals surface area contributed by atoms with Gasteiger partial charge < -0.3 is 4.74 Å². The maximum atomic E-state index is 7.10. The van der Waals surface area contributed by atoms with Crippen molar-refractivity contribution < 1.29 is 4.74 Å². The van der Waals surface area contributed by atoms with Gasteiger partial charge in [0.1, 0.15) is 11.5 Å².